The second-order valence-corrected chi connectivity index (χ2v) is 10.1. The maximum absolute atomic E-state index is 12.0. The average Bonchev–Trinajstić information content (AvgIpc) is 3.39. The Kier molecular flexibility index (Phi) is 8.31. The number of benzene rings is 3. The highest BCUT2D eigenvalue weighted by Gasteiger charge is 2.23. The van der Waals surface area contributed by atoms with Crippen LogP contribution in [0.4, 0.5) is 0 Å². The van der Waals surface area contributed by atoms with Gasteiger partial charge in [-0.3, -0.25) is 9.59 Å². The standard InChI is InChI=1S/C30H32N4O4/c1-21(35)25-16-17-27(37-19-23-8-6-5-7-9-23)26(18-25)15-12-22-10-13-24(14-11-22)28-31-33-34(32-28)20-38-29(36)30(2,3)4/h5-11,13-14,16-18H,12,15,19-20H2,1-4H3. The number of ketones is 1. The smallest absolute Gasteiger partial charge is 0.313 e. The number of hydrogen-bond acceptors (Lipinski definition) is 7. The number of Topliss-reactive ketones (excluding diaryl/α,β-unsaturated/α-hetero) is 1. The van der Waals surface area contributed by atoms with Gasteiger partial charge in [0.2, 0.25) is 12.6 Å². The molecule has 0 saturated carbocycles. The molecule has 4 aromatic rings. The Labute approximate surface area is 222 Å². The molecule has 0 aliphatic heterocycles. The van der Waals surface area contributed by atoms with Crippen molar-refractivity contribution in [2.45, 2.75) is 53.9 Å². The molecule has 0 amide bonds. The van der Waals surface area contributed by atoms with E-state index in [4.69, 9.17) is 9.47 Å². The highest BCUT2D eigenvalue weighted by molar-refractivity contribution is 5.94. The molecule has 38 heavy (non-hydrogen) atoms. The Morgan fingerprint density at radius 3 is 2.32 bits per heavy atom. The van der Waals surface area contributed by atoms with Gasteiger partial charge in [-0.05, 0) is 80.6 Å². The molecule has 0 fully saturated rings. The summed E-state index contributed by atoms with van der Waals surface area (Å²) in [5.41, 5.74) is 4.09. The Bertz CT molecular complexity index is 1390. The van der Waals surface area contributed by atoms with Crippen molar-refractivity contribution >= 4 is 11.8 Å². The molecule has 1 aromatic heterocycles. The van der Waals surface area contributed by atoms with Crippen LogP contribution in [0.1, 0.15) is 54.7 Å². The van der Waals surface area contributed by atoms with Crippen molar-refractivity contribution in [1.29, 1.82) is 0 Å². The number of carbonyl (C=O) groups is 2. The molecule has 1 heterocycles. The van der Waals surface area contributed by atoms with Crippen molar-refractivity contribution in [3.05, 3.63) is 95.1 Å². The van der Waals surface area contributed by atoms with Crippen LogP contribution < -0.4 is 4.74 Å². The van der Waals surface area contributed by atoms with Crippen molar-refractivity contribution in [1.82, 2.24) is 20.2 Å². The highest BCUT2D eigenvalue weighted by atomic mass is 16.5. The number of esters is 1. The minimum atomic E-state index is -0.596. The maximum atomic E-state index is 12.0. The predicted octanol–water partition coefficient (Wildman–Crippen LogP) is 5.45. The molecule has 8 heteroatoms. The van der Waals surface area contributed by atoms with Crippen LogP contribution in [-0.2, 0) is 35.7 Å². The van der Waals surface area contributed by atoms with Gasteiger partial charge in [0.05, 0.1) is 5.41 Å². The van der Waals surface area contributed by atoms with Crippen molar-refractivity contribution in [3.63, 3.8) is 0 Å². The summed E-state index contributed by atoms with van der Waals surface area (Å²) in [6.45, 7) is 7.31. The van der Waals surface area contributed by atoms with Gasteiger partial charge in [-0.1, -0.05) is 54.6 Å². The maximum Gasteiger partial charge on any atom is 0.313 e. The molecule has 0 saturated heterocycles. The zero-order valence-electron chi connectivity index (χ0n) is 22.2. The van der Waals surface area contributed by atoms with Crippen molar-refractivity contribution in [2.75, 3.05) is 0 Å². The Balaban J connectivity index is 1.40. The molecule has 0 spiro atoms. The fourth-order valence-electron chi connectivity index (χ4n) is 3.72. The number of ether oxygens (including phenoxy) is 2. The van der Waals surface area contributed by atoms with Gasteiger partial charge in [0, 0.05) is 11.1 Å². The highest BCUT2D eigenvalue weighted by Crippen LogP contribution is 2.24. The minimum Gasteiger partial charge on any atom is -0.489 e. The average molecular weight is 513 g/mol. The fourth-order valence-corrected chi connectivity index (χ4v) is 3.72. The first-order valence-electron chi connectivity index (χ1n) is 12.5. The summed E-state index contributed by atoms with van der Waals surface area (Å²) in [6.07, 6.45) is 1.49. The summed E-state index contributed by atoms with van der Waals surface area (Å²) in [5.74, 6) is 0.930. The lowest BCUT2D eigenvalue weighted by Crippen LogP contribution is -2.24. The number of nitrogens with zero attached hydrogens (tertiary/aromatic N) is 4. The molecule has 4 rings (SSSR count). The first kappa shape index (κ1) is 26.7. The number of aryl methyl sites for hydroxylation is 2. The second kappa shape index (κ2) is 11.8. The van der Waals surface area contributed by atoms with E-state index in [1.54, 1.807) is 27.7 Å². The van der Waals surface area contributed by atoms with Crippen LogP contribution in [0.25, 0.3) is 11.4 Å². The number of carbonyl (C=O) groups excluding carboxylic acids is 2. The molecular weight excluding hydrogens is 480 g/mol. The van der Waals surface area contributed by atoms with E-state index in [-0.39, 0.29) is 18.5 Å². The van der Waals surface area contributed by atoms with Crippen LogP contribution in [0, 0.1) is 5.41 Å². The van der Waals surface area contributed by atoms with Crippen LogP contribution in [-0.4, -0.2) is 32.0 Å². The van der Waals surface area contributed by atoms with E-state index in [0.717, 1.165) is 40.8 Å². The third-order valence-electron chi connectivity index (χ3n) is 5.98. The van der Waals surface area contributed by atoms with Crippen LogP contribution in [0.15, 0.2) is 72.8 Å². The van der Waals surface area contributed by atoms with Gasteiger partial charge in [0.25, 0.3) is 0 Å². The van der Waals surface area contributed by atoms with Crippen LogP contribution in [0.2, 0.25) is 0 Å². The van der Waals surface area contributed by atoms with Crippen LogP contribution in [0.5, 0.6) is 5.75 Å². The molecule has 0 bridgehead atoms. The quantitative estimate of drug-likeness (QED) is 0.206. The molecule has 0 aliphatic carbocycles. The van der Waals surface area contributed by atoms with Crippen LogP contribution >= 0.6 is 0 Å². The lowest BCUT2D eigenvalue weighted by molar-refractivity contribution is -0.157. The third-order valence-corrected chi connectivity index (χ3v) is 5.98. The van der Waals surface area contributed by atoms with Crippen molar-refractivity contribution in [3.8, 4) is 17.1 Å². The number of rotatable bonds is 10. The van der Waals surface area contributed by atoms with E-state index >= 15 is 0 Å². The van der Waals surface area contributed by atoms with E-state index in [2.05, 4.69) is 15.4 Å². The number of hydrogen-bond donors (Lipinski definition) is 0. The zero-order chi connectivity index (χ0) is 27.1. The van der Waals surface area contributed by atoms with Gasteiger partial charge in [-0.2, -0.15) is 0 Å². The summed E-state index contributed by atoms with van der Waals surface area (Å²) in [6, 6.07) is 23.5. The van der Waals surface area contributed by atoms with Gasteiger partial charge in [-0.15, -0.1) is 15.0 Å². The second-order valence-electron chi connectivity index (χ2n) is 10.1. The fraction of sp³-hybridized carbons (Fsp3) is 0.300. The van der Waals surface area contributed by atoms with Crippen LogP contribution in [0.3, 0.4) is 0 Å². The minimum absolute atomic E-state index is 0.0268. The summed E-state index contributed by atoms with van der Waals surface area (Å²) in [5, 5.41) is 12.4. The number of tetrazole rings is 1. The normalized spacial score (nSPS) is 11.3. The van der Waals surface area contributed by atoms with E-state index in [9.17, 15) is 9.59 Å². The Morgan fingerprint density at radius 1 is 0.895 bits per heavy atom. The van der Waals surface area contributed by atoms with E-state index in [1.165, 1.54) is 4.80 Å². The molecule has 0 N–H and O–H groups in total. The van der Waals surface area contributed by atoms with Gasteiger partial charge >= 0.3 is 5.97 Å². The SMILES string of the molecule is CC(=O)c1ccc(OCc2ccccc2)c(CCc2ccc(-c3nnn(COC(=O)C(C)(C)C)n3)cc2)c1. The lowest BCUT2D eigenvalue weighted by atomic mass is 9.98. The first-order chi connectivity index (χ1) is 18.2. The van der Waals surface area contributed by atoms with Gasteiger partial charge < -0.3 is 9.47 Å². The lowest BCUT2D eigenvalue weighted by Gasteiger charge is -2.15. The molecule has 0 atom stereocenters. The van der Waals surface area contributed by atoms with Crippen molar-refractivity contribution < 1.29 is 19.1 Å². The zero-order valence-corrected chi connectivity index (χ0v) is 22.2. The molecule has 196 valence electrons. The topological polar surface area (TPSA) is 96.2 Å². The largest absolute Gasteiger partial charge is 0.489 e. The molecule has 0 radical (unpaired) electrons. The predicted molar refractivity (Wildman–Crippen MR) is 143 cm³/mol. The molecule has 8 nitrogen and oxygen atoms in total. The van der Waals surface area contributed by atoms with Crippen molar-refractivity contribution in [2.24, 2.45) is 5.41 Å². The summed E-state index contributed by atoms with van der Waals surface area (Å²) in [7, 11) is 0. The summed E-state index contributed by atoms with van der Waals surface area (Å²) < 4.78 is 11.3. The molecule has 3 aromatic carbocycles. The van der Waals surface area contributed by atoms with Gasteiger partial charge in [-0.25, -0.2) is 0 Å². The van der Waals surface area contributed by atoms with E-state index in [0.29, 0.717) is 18.0 Å². The number of aromatic nitrogens is 4. The summed E-state index contributed by atoms with van der Waals surface area (Å²) in [4.78, 5) is 25.2. The summed E-state index contributed by atoms with van der Waals surface area (Å²) >= 11 is 0. The van der Waals surface area contributed by atoms with E-state index in [1.807, 2.05) is 72.8 Å². The molecule has 0 unspecified atom stereocenters. The first-order valence-corrected chi connectivity index (χ1v) is 12.5. The van der Waals surface area contributed by atoms with E-state index < -0.39 is 5.41 Å². The van der Waals surface area contributed by atoms with Gasteiger partial charge in [0.1, 0.15) is 12.4 Å². The monoisotopic (exact) mass is 512 g/mol. The Hall–Kier alpha value is -4.33. The third kappa shape index (κ3) is 7.12. The molecular formula is C30H32N4O4. The Morgan fingerprint density at radius 2 is 1.63 bits per heavy atom. The van der Waals surface area contributed by atoms with Gasteiger partial charge in [0.15, 0.2) is 5.78 Å². The molecule has 0 aliphatic rings.